The lowest BCUT2D eigenvalue weighted by Crippen LogP contribution is -2.32. The molecule has 2 aromatic rings. The van der Waals surface area contributed by atoms with Crippen molar-refractivity contribution in [2.45, 2.75) is 58.9 Å². The Labute approximate surface area is 167 Å². The first-order chi connectivity index (χ1) is 13.6. The van der Waals surface area contributed by atoms with Crippen molar-refractivity contribution in [3.8, 4) is 0 Å². The zero-order valence-electron chi connectivity index (χ0n) is 17.1. The first-order valence-electron chi connectivity index (χ1n) is 10.6. The lowest BCUT2D eigenvalue weighted by atomic mass is 10.2. The van der Waals surface area contributed by atoms with E-state index in [1.807, 2.05) is 36.9 Å². The largest absolute Gasteiger partial charge is 0.355 e. The van der Waals surface area contributed by atoms with Crippen LogP contribution >= 0.6 is 0 Å². The van der Waals surface area contributed by atoms with Gasteiger partial charge in [0.2, 0.25) is 11.8 Å². The van der Waals surface area contributed by atoms with E-state index in [0.717, 1.165) is 42.8 Å². The van der Waals surface area contributed by atoms with Crippen LogP contribution in [0.2, 0.25) is 0 Å². The number of fused-ring (bicyclic) bond motifs is 1. The molecule has 0 bridgehead atoms. The Morgan fingerprint density at radius 3 is 2.54 bits per heavy atom. The number of benzene rings is 1. The Morgan fingerprint density at radius 1 is 1.11 bits per heavy atom. The topological polar surface area (TPSA) is 67.2 Å². The number of carbonyl (C=O) groups is 2. The van der Waals surface area contributed by atoms with E-state index in [-0.39, 0.29) is 17.7 Å². The Balaban J connectivity index is 1.68. The van der Waals surface area contributed by atoms with Crippen molar-refractivity contribution >= 4 is 22.8 Å². The Bertz CT molecular complexity index is 804. The Kier molecular flexibility index (Phi) is 7.06. The molecule has 3 rings (SSSR count). The summed E-state index contributed by atoms with van der Waals surface area (Å²) < 4.78 is 2.15. The Morgan fingerprint density at radius 2 is 1.82 bits per heavy atom. The van der Waals surface area contributed by atoms with Gasteiger partial charge in [-0.15, -0.1) is 0 Å². The minimum absolute atomic E-state index is 0.0231. The lowest BCUT2D eigenvalue weighted by molar-refractivity contribution is -0.131. The zero-order chi connectivity index (χ0) is 19.9. The molecule has 152 valence electrons. The average Bonchev–Trinajstić information content (AvgIpc) is 2.84. The number of carbonyl (C=O) groups excluding carboxylic acids is 2. The fourth-order valence-electron chi connectivity index (χ4n) is 3.75. The summed E-state index contributed by atoms with van der Waals surface area (Å²) in [6, 6.07) is 8.03. The van der Waals surface area contributed by atoms with E-state index < -0.39 is 0 Å². The van der Waals surface area contributed by atoms with E-state index in [1.165, 1.54) is 12.8 Å². The molecule has 6 heteroatoms. The van der Waals surface area contributed by atoms with E-state index in [2.05, 4.69) is 16.0 Å². The second kappa shape index (κ2) is 9.71. The molecule has 1 aromatic heterocycles. The molecule has 0 unspecified atom stereocenters. The van der Waals surface area contributed by atoms with Crippen molar-refractivity contribution in [1.29, 1.82) is 0 Å². The van der Waals surface area contributed by atoms with Crippen molar-refractivity contribution in [2.75, 3.05) is 19.6 Å². The predicted octanol–water partition coefficient (Wildman–Crippen LogP) is 3.14. The van der Waals surface area contributed by atoms with E-state index in [1.54, 1.807) is 0 Å². The fraction of sp³-hybridized carbons (Fsp3) is 0.591. The number of amides is 2. The van der Waals surface area contributed by atoms with Crippen molar-refractivity contribution in [3.05, 3.63) is 30.1 Å². The number of rotatable bonds is 7. The molecule has 2 amide bonds. The maximum absolute atomic E-state index is 12.7. The summed E-state index contributed by atoms with van der Waals surface area (Å²) in [4.78, 5) is 31.3. The van der Waals surface area contributed by atoms with Crippen LogP contribution in [0.3, 0.4) is 0 Å². The number of nitrogens with zero attached hydrogens (tertiary/aromatic N) is 3. The molecule has 0 saturated carbocycles. The minimum atomic E-state index is -0.0231. The van der Waals surface area contributed by atoms with Gasteiger partial charge in [-0.1, -0.05) is 38.8 Å². The van der Waals surface area contributed by atoms with Gasteiger partial charge < -0.3 is 14.8 Å². The van der Waals surface area contributed by atoms with Gasteiger partial charge in [-0.25, -0.2) is 4.98 Å². The van der Waals surface area contributed by atoms with Crippen LogP contribution in [-0.2, 0) is 22.6 Å². The van der Waals surface area contributed by atoms with Crippen LogP contribution in [0.4, 0.5) is 0 Å². The van der Waals surface area contributed by atoms with Crippen LogP contribution in [0.1, 0.15) is 51.8 Å². The average molecular weight is 385 g/mol. The summed E-state index contributed by atoms with van der Waals surface area (Å²) in [7, 11) is 0. The molecule has 28 heavy (non-hydrogen) atoms. The smallest absolute Gasteiger partial charge is 0.224 e. The highest BCUT2D eigenvalue weighted by Gasteiger charge is 2.17. The van der Waals surface area contributed by atoms with Crippen LogP contribution in [0.5, 0.6) is 0 Å². The van der Waals surface area contributed by atoms with Crippen molar-refractivity contribution in [1.82, 2.24) is 19.8 Å². The number of para-hydroxylation sites is 2. The first kappa shape index (κ1) is 20.4. The fourth-order valence-corrected chi connectivity index (χ4v) is 3.75. The standard InChI is InChI=1S/C22H32N4O2/c1-17(2)22(28)23-13-11-20-24-18-9-5-6-10-19(18)26(20)16-12-21(27)25-14-7-3-4-8-15-25/h5-6,9-10,17H,3-4,7-8,11-16H2,1-2H3,(H,23,28). The van der Waals surface area contributed by atoms with Gasteiger partial charge in [0.25, 0.3) is 0 Å². The number of aromatic nitrogens is 2. The highest BCUT2D eigenvalue weighted by molar-refractivity contribution is 5.79. The number of hydrogen-bond acceptors (Lipinski definition) is 3. The second-order valence-electron chi connectivity index (χ2n) is 7.91. The number of aryl methyl sites for hydroxylation is 1. The molecule has 1 aliphatic heterocycles. The minimum Gasteiger partial charge on any atom is -0.355 e. The van der Waals surface area contributed by atoms with E-state index in [4.69, 9.17) is 4.98 Å². The highest BCUT2D eigenvalue weighted by atomic mass is 16.2. The van der Waals surface area contributed by atoms with Crippen molar-refractivity contribution in [2.24, 2.45) is 5.92 Å². The third-order valence-corrected chi connectivity index (χ3v) is 5.41. The first-order valence-corrected chi connectivity index (χ1v) is 10.6. The number of nitrogens with one attached hydrogen (secondary N) is 1. The van der Waals surface area contributed by atoms with E-state index in [0.29, 0.717) is 25.9 Å². The molecular formula is C22H32N4O2. The predicted molar refractivity (Wildman–Crippen MR) is 111 cm³/mol. The van der Waals surface area contributed by atoms with Crippen LogP contribution in [0, 0.1) is 5.92 Å². The highest BCUT2D eigenvalue weighted by Crippen LogP contribution is 2.18. The second-order valence-corrected chi connectivity index (χ2v) is 7.91. The van der Waals surface area contributed by atoms with Gasteiger partial charge in [-0.2, -0.15) is 0 Å². The molecule has 1 fully saturated rings. The summed E-state index contributed by atoms with van der Waals surface area (Å²) in [5.74, 6) is 1.19. The maximum atomic E-state index is 12.7. The SMILES string of the molecule is CC(C)C(=O)NCCc1nc2ccccc2n1CCC(=O)N1CCCCCC1. The monoisotopic (exact) mass is 384 g/mol. The molecule has 0 spiro atoms. The number of imidazole rings is 1. The van der Waals surface area contributed by atoms with E-state index in [9.17, 15) is 9.59 Å². The molecule has 1 aromatic carbocycles. The molecule has 1 N–H and O–H groups in total. The number of likely N-dealkylation sites (tertiary alicyclic amines) is 1. The van der Waals surface area contributed by atoms with Gasteiger partial charge in [-0.05, 0) is 25.0 Å². The van der Waals surface area contributed by atoms with Crippen molar-refractivity contribution < 1.29 is 9.59 Å². The summed E-state index contributed by atoms with van der Waals surface area (Å²) >= 11 is 0. The molecule has 1 saturated heterocycles. The maximum Gasteiger partial charge on any atom is 0.224 e. The molecular weight excluding hydrogens is 352 g/mol. The summed E-state index contributed by atoms with van der Waals surface area (Å²) in [5.41, 5.74) is 1.99. The summed E-state index contributed by atoms with van der Waals surface area (Å²) in [5, 5.41) is 2.96. The van der Waals surface area contributed by atoms with E-state index >= 15 is 0 Å². The van der Waals surface area contributed by atoms with Gasteiger partial charge in [0.15, 0.2) is 0 Å². The molecule has 0 radical (unpaired) electrons. The molecule has 1 aliphatic rings. The van der Waals surface area contributed by atoms with Crippen LogP contribution in [0.15, 0.2) is 24.3 Å². The molecule has 6 nitrogen and oxygen atoms in total. The lowest BCUT2D eigenvalue weighted by Gasteiger charge is -2.20. The van der Waals surface area contributed by atoms with Crippen LogP contribution in [0.25, 0.3) is 11.0 Å². The van der Waals surface area contributed by atoms with Gasteiger partial charge in [0.1, 0.15) is 5.82 Å². The summed E-state index contributed by atoms with van der Waals surface area (Å²) in [6.07, 6.45) is 5.82. The van der Waals surface area contributed by atoms with Gasteiger partial charge >= 0.3 is 0 Å². The molecule has 0 atom stereocenters. The van der Waals surface area contributed by atoms with Crippen molar-refractivity contribution in [3.63, 3.8) is 0 Å². The van der Waals surface area contributed by atoms with Gasteiger partial charge in [0.05, 0.1) is 11.0 Å². The van der Waals surface area contributed by atoms with Gasteiger partial charge in [0, 0.05) is 44.9 Å². The third kappa shape index (κ3) is 5.12. The Hall–Kier alpha value is -2.37. The van der Waals surface area contributed by atoms with Gasteiger partial charge in [-0.3, -0.25) is 9.59 Å². The third-order valence-electron chi connectivity index (χ3n) is 5.41. The van der Waals surface area contributed by atoms with Crippen LogP contribution < -0.4 is 5.32 Å². The quantitative estimate of drug-likeness (QED) is 0.797. The zero-order valence-corrected chi connectivity index (χ0v) is 17.1. The van der Waals surface area contributed by atoms with Crippen LogP contribution in [-0.4, -0.2) is 45.9 Å². The normalized spacial score (nSPS) is 15.0. The molecule has 0 aliphatic carbocycles. The summed E-state index contributed by atoms with van der Waals surface area (Å²) in [6.45, 7) is 6.73. The molecule has 2 heterocycles. The number of hydrogen-bond donors (Lipinski definition) is 1.